The molecule has 0 nitrogen and oxygen atoms in total. The fourth-order valence-electron chi connectivity index (χ4n) is 5.69. The topological polar surface area (TPSA) is 0 Å². The largest absolute Gasteiger partial charge is 0.0776 e. The average Bonchev–Trinajstić information content (AvgIpc) is 2.88. The van der Waals surface area contributed by atoms with Crippen LogP contribution in [0.5, 0.6) is 0 Å². The van der Waals surface area contributed by atoms with Gasteiger partial charge in [-0.3, -0.25) is 0 Å². The molecule has 2 saturated carbocycles. The second kappa shape index (κ2) is 28.6. The summed E-state index contributed by atoms with van der Waals surface area (Å²) in [6.07, 6.45) is 17.4. The van der Waals surface area contributed by atoms with Crippen LogP contribution < -0.4 is 0 Å². The molecule has 218 valence electrons. The van der Waals surface area contributed by atoms with Crippen molar-refractivity contribution in [1.29, 1.82) is 0 Å². The molecule has 0 radical (unpaired) electrons. The van der Waals surface area contributed by atoms with Gasteiger partial charge in [-0.25, -0.2) is 0 Å². The molecule has 0 aliphatic heterocycles. The Kier molecular flexibility index (Phi) is 34.4. The minimum Gasteiger partial charge on any atom is -0.0776 e. The van der Waals surface area contributed by atoms with E-state index in [9.17, 15) is 0 Å². The molecule has 0 saturated heterocycles. The minimum absolute atomic E-state index is 0. The van der Waals surface area contributed by atoms with Crippen molar-refractivity contribution in [2.45, 2.75) is 181 Å². The average molecular weight is 499 g/mol. The van der Waals surface area contributed by atoms with Gasteiger partial charge in [-0.15, -0.1) is 0 Å². The molecule has 0 amide bonds. The highest BCUT2D eigenvalue weighted by Crippen LogP contribution is 2.41. The van der Waals surface area contributed by atoms with E-state index in [0.717, 1.165) is 47.3 Å². The Balaban J connectivity index is -0.000000234. The smallest absolute Gasteiger partial charge is 0.0357 e. The van der Waals surface area contributed by atoms with Crippen LogP contribution in [0.3, 0.4) is 0 Å². The molecule has 6 unspecified atom stereocenters. The lowest BCUT2D eigenvalue weighted by Crippen LogP contribution is -2.32. The second-order valence-electron chi connectivity index (χ2n) is 11.6. The third kappa shape index (κ3) is 20.7. The summed E-state index contributed by atoms with van der Waals surface area (Å²) in [4.78, 5) is 0. The molecular weight excluding hydrogens is 420 g/mol. The van der Waals surface area contributed by atoms with Crippen LogP contribution in [0.15, 0.2) is 0 Å². The van der Waals surface area contributed by atoms with Gasteiger partial charge in [0.15, 0.2) is 0 Å². The zero-order chi connectivity index (χ0) is 27.1. The van der Waals surface area contributed by atoms with Gasteiger partial charge in [0.1, 0.15) is 0 Å². The predicted molar refractivity (Wildman–Crippen MR) is 169 cm³/mol. The van der Waals surface area contributed by atoms with E-state index in [1.165, 1.54) is 77.0 Å². The molecule has 0 bridgehead atoms. The van der Waals surface area contributed by atoms with Gasteiger partial charge < -0.3 is 0 Å². The fraction of sp³-hybridized carbons (Fsp3) is 1.00. The van der Waals surface area contributed by atoms with Crippen molar-refractivity contribution in [2.24, 2.45) is 47.3 Å². The highest BCUT2D eigenvalue weighted by molar-refractivity contribution is 4.82. The number of hydrogen-bond acceptors (Lipinski definition) is 0. The molecule has 35 heavy (non-hydrogen) atoms. The third-order valence-electron chi connectivity index (χ3n) is 8.94. The predicted octanol–water partition coefficient (Wildman–Crippen LogP) is 13.5. The summed E-state index contributed by atoms with van der Waals surface area (Å²) in [6.45, 7) is 31.9. The van der Waals surface area contributed by atoms with Gasteiger partial charge >= 0.3 is 0 Å². The van der Waals surface area contributed by atoms with Crippen molar-refractivity contribution >= 4 is 0 Å². The van der Waals surface area contributed by atoms with E-state index in [1.807, 2.05) is 27.7 Å². The van der Waals surface area contributed by atoms with E-state index >= 15 is 0 Å². The molecule has 2 fully saturated rings. The lowest BCUT2D eigenvalue weighted by molar-refractivity contribution is 0.0964. The van der Waals surface area contributed by atoms with E-state index in [2.05, 4.69) is 69.2 Å². The molecule has 0 N–H and O–H groups in total. The molecule has 2 aliphatic carbocycles. The molecule has 0 heteroatoms. The van der Waals surface area contributed by atoms with Crippen molar-refractivity contribution in [2.75, 3.05) is 0 Å². The third-order valence-corrected chi connectivity index (χ3v) is 8.94. The SMILES string of the molecule is C.CC.CC.CC1CCCC(C(C)C(C)C(C)C)C(C)C(C)C1.CCC1CCCCC1.CCCC. The van der Waals surface area contributed by atoms with Gasteiger partial charge in [0.05, 0.1) is 0 Å². The molecule has 2 aliphatic rings. The van der Waals surface area contributed by atoms with Crippen molar-refractivity contribution in [3.8, 4) is 0 Å². The summed E-state index contributed by atoms with van der Waals surface area (Å²) in [7, 11) is 0. The summed E-state index contributed by atoms with van der Waals surface area (Å²) in [5, 5.41) is 0. The summed E-state index contributed by atoms with van der Waals surface area (Å²) in [6, 6.07) is 0. The molecule has 6 atom stereocenters. The van der Waals surface area contributed by atoms with Crippen LogP contribution in [0, 0.1) is 47.3 Å². The standard InChI is InChI=1S/C18H36.C8H16.C4H10.2C2H6.CH4/c1-12(2)15(5)17(7)18-10-8-9-13(3)11-14(4)16(18)6;1-2-8-6-4-3-5-7-8;1-3-4-2;2*1-2;/h12-18H,8-11H2,1-7H3;8H,2-7H2,1H3;3-4H2,1-2H3;2*1-2H3;1H4. The monoisotopic (exact) mass is 499 g/mol. The molecule has 0 heterocycles. The summed E-state index contributed by atoms with van der Waals surface area (Å²) in [5.74, 6) is 7.37. The van der Waals surface area contributed by atoms with Gasteiger partial charge in [-0.1, -0.05) is 169 Å². The van der Waals surface area contributed by atoms with Crippen LogP contribution in [0.25, 0.3) is 0 Å². The Hall–Kier alpha value is 0. The molecular formula is C35H78. The lowest BCUT2D eigenvalue weighted by Gasteiger charge is -2.40. The van der Waals surface area contributed by atoms with Gasteiger partial charge in [-0.05, 0) is 60.2 Å². The maximum atomic E-state index is 2.52. The normalized spacial score (nSPS) is 26.1. The molecule has 0 aromatic carbocycles. The van der Waals surface area contributed by atoms with Crippen LogP contribution in [0.4, 0.5) is 0 Å². The Morgan fingerprint density at radius 3 is 1.51 bits per heavy atom. The Labute approximate surface area is 228 Å². The van der Waals surface area contributed by atoms with Crippen molar-refractivity contribution in [3.05, 3.63) is 0 Å². The highest BCUT2D eigenvalue weighted by Gasteiger charge is 2.32. The van der Waals surface area contributed by atoms with Crippen molar-refractivity contribution < 1.29 is 0 Å². The van der Waals surface area contributed by atoms with Crippen LogP contribution in [-0.4, -0.2) is 0 Å². The van der Waals surface area contributed by atoms with Crippen molar-refractivity contribution in [1.82, 2.24) is 0 Å². The van der Waals surface area contributed by atoms with E-state index in [4.69, 9.17) is 0 Å². The maximum absolute atomic E-state index is 2.52. The van der Waals surface area contributed by atoms with E-state index in [1.54, 1.807) is 0 Å². The summed E-state index contributed by atoms with van der Waals surface area (Å²) < 4.78 is 0. The zero-order valence-electron chi connectivity index (χ0n) is 27.1. The maximum Gasteiger partial charge on any atom is -0.0357 e. The molecule has 0 aromatic heterocycles. The first-order valence-electron chi connectivity index (χ1n) is 16.2. The lowest BCUT2D eigenvalue weighted by atomic mass is 9.66. The molecule has 0 aromatic rings. The fourth-order valence-corrected chi connectivity index (χ4v) is 5.69. The first kappa shape index (κ1) is 42.1. The van der Waals surface area contributed by atoms with E-state index in [0.29, 0.717) is 0 Å². The second-order valence-corrected chi connectivity index (χ2v) is 11.6. The van der Waals surface area contributed by atoms with Crippen LogP contribution in [0.1, 0.15) is 181 Å². The summed E-state index contributed by atoms with van der Waals surface area (Å²) >= 11 is 0. The van der Waals surface area contributed by atoms with E-state index < -0.39 is 0 Å². The van der Waals surface area contributed by atoms with Crippen LogP contribution in [0.2, 0.25) is 0 Å². The zero-order valence-corrected chi connectivity index (χ0v) is 27.1. The van der Waals surface area contributed by atoms with Crippen LogP contribution >= 0.6 is 0 Å². The van der Waals surface area contributed by atoms with Crippen molar-refractivity contribution in [3.63, 3.8) is 0 Å². The van der Waals surface area contributed by atoms with E-state index in [-0.39, 0.29) is 7.43 Å². The number of unbranched alkanes of at least 4 members (excludes halogenated alkanes) is 1. The van der Waals surface area contributed by atoms with Gasteiger partial charge in [0.2, 0.25) is 0 Å². The quantitative estimate of drug-likeness (QED) is 0.353. The molecule has 2 rings (SSSR count). The van der Waals surface area contributed by atoms with Gasteiger partial charge in [0.25, 0.3) is 0 Å². The minimum atomic E-state index is 0. The summed E-state index contributed by atoms with van der Waals surface area (Å²) in [5.41, 5.74) is 0. The number of hydrogen-bond donors (Lipinski definition) is 0. The first-order chi connectivity index (χ1) is 16.2. The highest BCUT2D eigenvalue weighted by atomic mass is 14.4. The Morgan fingerprint density at radius 2 is 1.14 bits per heavy atom. The number of rotatable bonds is 5. The van der Waals surface area contributed by atoms with Gasteiger partial charge in [0, 0.05) is 0 Å². The Morgan fingerprint density at radius 1 is 0.657 bits per heavy atom. The first-order valence-corrected chi connectivity index (χ1v) is 16.2. The van der Waals surface area contributed by atoms with Gasteiger partial charge in [-0.2, -0.15) is 0 Å². The Bertz CT molecular complexity index is 362. The van der Waals surface area contributed by atoms with Crippen LogP contribution in [-0.2, 0) is 0 Å². The molecule has 0 spiro atoms.